The average molecular weight is 446 g/mol. The van der Waals surface area contributed by atoms with Crippen molar-refractivity contribution >= 4 is 5.91 Å². The second kappa shape index (κ2) is 8.82. The molecule has 0 saturated heterocycles. The highest BCUT2D eigenvalue weighted by atomic mass is 19.1. The summed E-state index contributed by atoms with van der Waals surface area (Å²) in [5, 5.41) is 4.47. The third-order valence-corrected chi connectivity index (χ3v) is 5.57. The van der Waals surface area contributed by atoms with Crippen molar-refractivity contribution in [2.75, 3.05) is 19.8 Å². The first-order chi connectivity index (χ1) is 16.2. The lowest BCUT2D eigenvalue weighted by atomic mass is 10.1. The maximum Gasteiger partial charge on any atom is 0.259 e. The van der Waals surface area contributed by atoms with Crippen LogP contribution in [0.5, 0.6) is 11.5 Å². The summed E-state index contributed by atoms with van der Waals surface area (Å²) in [5.41, 5.74) is 1.99. The third kappa shape index (κ3) is 3.95. The van der Waals surface area contributed by atoms with E-state index in [4.69, 9.17) is 9.47 Å². The number of benzene rings is 2. The lowest BCUT2D eigenvalue weighted by molar-refractivity contribution is 0.0749. The first kappa shape index (κ1) is 20.8. The molecule has 1 aliphatic heterocycles. The summed E-state index contributed by atoms with van der Waals surface area (Å²) < 4.78 is 28.5. The van der Waals surface area contributed by atoms with Crippen LogP contribution in [0.4, 0.5) is 4.39 Å². The van der Waals surface area contributed by atoms with Crippen molar-refractivity contribution in [3.8, 4) is 23.0 Å². The lowest BCUT2D eigenvalue weighted by Crippen LogP contribution is -2.31. The number of rotatable bonds is 6. The Balaban J connectivity index is 1.52. The smallest absolute Gasteiger partial charge is 0.259 e. The number of hydrogen-bond donors (Lipinski definition) is 0. The van der Waals surface area contributed by atoms with E-state index in [0.717, 1.165) is 5.56 Å². The molecule has 7 nitrogen and oxygen atoms in total. The molecule has 3 heterocycles. The molecule has 1 aliphatic rings. The van der Waals surface area contributed by atoms with Crippen LogP contribution >= 0.6 is 0 Å². The Bertz CT molecular complexity index is 1270. The fraction of sp³-hybridized carbons (Fsp3) is 0.200. The summed E-state index contributed by atoms with van der Waals surface area (Å²) in [6, 6.07) is 15.5. The van der Waals surface area contributed by atoms with Gasteiger partial charge in [0.2, 0.25) is 0 Å². The molecule has 0 saturated carbocycles. The van der Waals surface area contributed by atoms with Crippen LogP contribution in [0.1, 0.15) is 22.8 Å². The molecule has 33 heavy (non-hydrogen) atoms. The van der Waals surface area contributed by atoms with Crippen LogP contribution in [0.2, 0.25) is 0 Å². The maximum atomic E-state index is 13.7. The Morgan fingerprint density at radius 3 is 2.58 bits per heavy atom. The quantitative estimate of drug-likeness (QED) is 0.445. The molecule has 0 spiro atoms. The Morgan fingerprint density at radius 2 is 1.82 bits per heavy atom. The zero-order chi connectivity index (χ0) is 22.8. The molecule has 0 bridgehead atoms. The van der Waals surface area contributed by atoms with Gasteiger partial charge in [-0.25, -0.2) is 9.07 Å². The number of nitrogens with zero attached hydrogens (tertiary/aromatic N) is 4. The van der Waals surface area contributed by atoms with E-state index in [9.17, 15) is 9.18 Å². The molecular weight excluding hydrogens is 423 g/mol. The number of halogens is 1. The van der Waals surface area contributed by atoms with Crippen molar-refractivity contribution in [1.82, 2.24) is 19.2 Å². The molecule has 1 amide bonds. The number of hydrogen-bond acceptors (Lipinski definition) is 4. The van der Waals surface area contributed by atoms with Gasteiger partial charge in [-0.2, -0.15) is 5.10 Å². The second-order valence-electron chi connectivity index (χ2n) is 7.62. The fourth-order valence-electron chi connectivity index (χ4n) is 3.95. The fourth-order valence-corrected chi connectivity index (χ4v) is 3.95. The van der Waals surface area contributed by atoms with E-state index >= 15 is 0 Å². The van der Waals surface area contributed by atoms with Crippen LogP contribution in [0.3, 0.4) is 0 Å². The van der Waals surface area contributed by atoms with E-state index < -0.39 is 0 Å². The van der Waals surface area contributed by atoms with Crippen molar-refractivity contribution in [3.05, 3.63) is 90.1 Å². The summed E-state index contributed by atoms with van der Waals surface area (Å²) in [7, 11) is 0. The second-order valence-corrected chi connectivity index (χ2v) is 7.62. The monoisotopic (exact) mass is 446 g/mol. The van der Waals surface area contributed by atoms with Gasteiger partial charge in [0.25, 0.3) is 5.91 Å². The van der Waals surface area contributed by atoms with Gasteiger partial charge >= 0.3 is 0 Å². The van der Waals surface area contributed by atoms with E-state index in [2.05, 4.69) is 5.10 Å². The minimum Gasteiger partial charge on any atom is -0.486 e. The number of fused-ring (bicyclic) bond motifs is 1. The van der Waals surface area contributed by atoms with Crippen molar-refractivity contribution in [1.29, 1.82) is 0 Å². The van der Waals surface area contributed by atoms with Crippen molar-refractivity contribution < 1.29 is 18.7 Å². The van der Waals surface area contributed by atoms with E-state index in [1.54, 1.807) is 27.9 Å². The predicted octanol–water partition coefficient (Wildman–Crippen LogP) is 4.24. The first-order valence-electron chi connectivity index (χ1n) is 10.8. The summed E-state index contributed by atoms with van der Waals surface area (Å²) in [4.78, 5) is 15.4. The third-order valence-electron chi connectivity index (χ3n) is 5.57. The van der Waals surface area contributed by atoms with Crippen LogP contribution in [0.15, 0.2) is 73.2 Å². The Kier molecular flexibility index (Phi) is 5.56. The van der Waals surface area contributed by atoms with E-state index in [-0.39, 0.29) is 11.7 Å². The number of amides is 1. The average Bonchev–Trinajstić information content (AvgIpc) is 3.52. The van der Waals surface area contributed by atoms with Crippen LogP contribution in [0.25, 0.3) is 11.5 Å². The molecule has 2 aromatic carbocycles. The molecule has 4 aromatic rings. The molecule has 0 fully saturated rings. The molecule has 168 valence electrons. The maximum absolute atomic E-state index is 13.7. The Labute approximate surface area is 190 Å². The van der Waals surface area contributed by atoms with E-state index in [0.29, 0.717) is 54.9 Å². The highest BCUT2D eigenvalue weighted by Crippen LogP contribution is 2.34. The highest BCUT2D eigenvalue weighted by molar-refractivity contribution is 5.97. The summed E-state index contributed by atoms with van der Waals surface area (Å²) in [6.07, 6.45) is 5.26. The minimum atomic E-state index is -0.334. The molecule has 2 aromatic heterocycles. The van der Waals surface area contributed by atoms with Gasteiger partial charge in [0.05, 0.1) is 11.9 Å². The van der Waals surface area contributed by atoms with E-state index in [1.807, 2.05) is 54.2 Å². The summed E-state index contributed by atoms with van der Waals surface area (Å²) in [5.74, 6) is 1.47. The molecule has 0 aliphatic carbocycles. The molecule has 0 atom stereocenters. The summed E-state index contributed by atoms with van der Waals surface area (Å²) in [6.45, 7) is 3.79. The number of carbonyl (C=O) groups is 1. The van der Waals surface area contributed by atoms with Crippen molar-refractivity contribution in [3.63, 3.8) is 0 Å². The van der Waals surface area contributed by atoms with Crippen LogP contribution in [-0.4, -0.2) is 44.9 Å². The largest absolute Gasteiger partial charge is 0.486 e. The van der Waals surface area contributed by atoms with E-state index in [1.165, 1.54) is 12.1 Å². The van der Waals surface area contributed by atoms with Gasteiger partial charge in [0.15, 0.2) is 17.3 Å². The molecule has 5 rings (SSSR count). The number of para-hydroxylation sites is 1. The number of aromatic nitrogens is 3. The van der Waals surface area contributed by atoms with Crippen LogP contribution in [-0.2, 0) is 6.54 Å². The molecule has 0 unspecified atom stereocenters. The molecule has 8 heteroatoms. The van der Waals surface area contributed by atoms with Crippen molar-refractivity contribution in [2.24, 2.45) is 0 Å². The standard InChI is InChI=1S/C25H23FN4O3/c1-2-28(17-18-6-5-7-22-23(18)33-15-14-32-22)25(31)21-16-27-30(20-10-8-19(26)9-11-20)24(21)29-12-3-4-13-29/h3-13,16H,2,14-15,17H2,1H3. The van der Waals surface area contributed by atoms with Crippen LogP contribution < -0.4 is 9.47 Å². The zero-order valence-corrected chi connectivity index (χ0v) is 18.1. The van der Waals surface area contributed by atoms with Gasteiger partial charge in [-0.05, 0) is 49.4 Å². The van der Waals surface area contributed by atoms with Gasteiger partial charge in [0.1, 0.15) is 24.6 Å². The van der Waals surface area contributed by atoms with Crippen molar-refractivity contribution in [2.45, 2.75) is 13.5 Å². The topological polar surface area (TPSA) is 61.5 Å². The SMILES string of the molecule is CCN(Cc1cccc2c1OCCO2)C(=O)c1cnn(-c2ccc(F)cc2)c1-n1cccc1. The molecule has 0 radical (unpaired) electrons. The molecule has 0 N–H and O–H groups in total. The van der Waals surface area contributed by atoms with Gasteiger partial charge in [0, 0.05) is 31.0 Å². The first-order valence-corrected chi connectivity index (χ1v) is 10.8. The predicted molar refractivity (Wildman–Crippen MR) is 121 cm³/mol. The number of ether oxygens (including phenoxy) is 2. The number of carbonyl (C=O) groups excluding carboxylic acids is 1. The van der Waals surface area contributed by atoms with Crippen LogP contribution in [0, 0.1) is 5.82 Å². The normalized spacial score (nSPS) is 12.5. The zero-order valence-electron chi connectivity index (χ0n) is 18.1. The lowest BCUT2D eigenvalue weighted by Gasteiger charge is -2.25. The Hall–Kier alpha value is -4.07. The Morgan fingerprint density at radius 1 is 1.06 bits per heavy atom. The van der Waals surface area contributed by atoms with Gasteiger partial charge < -0.3 is 18.9 Å². The van der Waals surface area contributed by atoms with Gasteiger partial charge in [-0.15, -0.1) is 0 Å². The molecular formula is C25H23FN4O3. The highest BCUT2D eigenvalue weighted by Gasteiger charge is 2.25. The van der Waals surface area contributed by atoms with Gasteiger partial charge in [-0.3, -0.25) is 4.79 Å². The van der Waals surface area contributed by atoms with Gasteiger partial charge in [-0.1, -0.05) is 12.1 Å². The summed E-state index contributed by atoms with van der Waals surface area (Å²) >= 11 is 0. The minimum absolute atomic E-state index is 0.163.